The Bertz CT molecular complexity index is 1040. The van der Waals surface area contributed by atoms with Gasteiger partial charge in [0.25, 0.3) is 0 Å². The molecule has 32 heavy (non-hydrogen) atoms. The molecule has 0 bridgehead atoms. The van der Waals surface area contributed by atoms with E-state index in [1.54, 1.807) is 6.92 Å². The average Bonchev–Trinajstić information content (AvgIpc) is 2.84. The zero-order valence-corrected chi connectivity index (χ0v) is 19.0. The SMILES string of the molecule is CNc1nc(N2CCC(c3ccc(C(C)NC(C)=O)cc3)CC2)ncc1-c1ccccc1. The van der Waals surface area contributed by atoms with E-state index in [9.17, 15) is 4.79 Å². The summed E-state index contributed by atoms with van der Waals surface area (Å²) in [6, 6.07) is 18.9. The van der Waals surface area contributed by atoms with E-state index in [-0.39, 0.29) is 11.9 Å². The highest BCUT2D eigenvalue weighted by atomic mass is 16.1. The van der Waals surface area contributed by atoms with Crippen molar-refractivity contribution in [3.8, 4) is 11.1 Å². The van der Waals surface area contributed by atoms with Gasteiger partial charge in [-0.2, -0.15) is 4.98 Å². The van der Waals surface area contributed by atoms with E-state index in [2.05, 4.69) is 56.9 Å². The molecule has 166 valence electrons. The molecule has 0 radical (unpaired) electrons. The van der Waals surface area contributed by atoms with Gasteiger partial charge in [0, 0.05) is 38.8 Å². The van der Waals surface area contributed by atoms with Crippen molar-refractivity contribution >= 4 is 17.7 Å². The highest BCUT2D eigenvalue weighted by molar-refractivity contribution is 5.75. The summed E-state index contributed by atoms with van der Waals surface area (Å²) in [7, 11) is 1.90. The van der Waals surface area contributed by atoms with Crippen LogP contribution in [0.5, 0.6) is 0 Å². The predicted octanol–water partition coefficient (Wildman–Crippen LogP) is 4.77. The van der Waals surface area contributed by atoms with Gasteiger partial charge >= 0.3 is 0 Å². The number of nitrogens with zero attached hydrogens (tertiary/aromatic N) is 3. The molecule has 1 amide bonds. The molecular formula is C26H31N5O. The van der Waals surface area contributed by atoms with Crippen LogP contribution in [0.1, 0.15) is 49.8 Å². The van der Waals surface area contributed by atoms with Gasteiger partial charge in [-0.05, 0) is 42.4 Å². The van der Waals surface area contributed by atoms with Gasteiger partial charge in [-0.25, -0.2) is 4.98 Å². The van der Waals surface area contributed by atoms with Crippen molar-refractivity contribution in [1.82, 2.24) is 15.3 Å². The Kier molecular flexibility index (Phi) is 6.69. The minimum Gasteiger partial charge on any atom is -0.372 e. The Labute approximate surface area is 190 Å². The number of anilines is 2. The molecule has 0 aliphatic carbocycles. The van der Waals surface area contributed by atoms with Crippen LogP contribution in [0.3, 0.4) is 0 Å². The van der Waals surface area contributed by atoms with E-state index >= 15 is 0 Å². The van der Waals surface area contributed by atoms with Crippen molar-refractivity contribution < 1.29 is 4.79 Å². The third-order valence-electron chi connectivity index (χ3n) is 6.20. The van der Waals surface area contributed by atoms with E-state index in [1.807, 2.05) is 38.4 Å². The third kappa shape index (κ3) is 4.90. The van der Waals surface area contributed by atoms with E-state index in [1.165, 1.54) is 5.56 Å². The Morgan fingerprint density at radius 1 is 1.06 bits per heavy atom. The first-order valence-corrected chi connectivity index (χ1v) is 11.3. The molecule has 2 aromatic carbocycles. The highest BCUT2D eigenvalue weighted by Gasteiger charge is 2.23. The molecule has 1 aliphatic heterocycles. The molecule has 6 nitrogen and oxygen atoms in total. The fourth-order valence-electron chi connectivity index (χ4n) is 4.40. The molecule has 0 saturated carbocycles. The molecule has 4 rings (SSSR count). The number of benzene rings is 2. The summed E-state index contributed by atoms with van der Waals surface area (Å²) in [5.41, 5.74) is 4.62. The summed E-state index contributed by atoms with van der Waals surface area (Å²) >= 11 is 0. The van der Waals surface area contributed by atoms with E-state index in [0.29, 0.717) is 5.92 Å². The summed E-state index contributed by atoms with van der Waals surface area (Å²) in [6.07, 6.45) is 4.06. The van der Waals surface area contributed by atoms with Crippen molar-refractivity contribution in [2.45, 2.75) is 38.6 Å². The minimum absolute atomic E-state index is 0.00519. The zero-order chi connectivity index (χ0) is 22.5. The highest BCUT2D eigenvalue weighted by Crippen LogP contribution is 2.32. The average molecular weight is 430 g/mol. The number of rotatable bonds is 6. The molecule has 1 atom stereocenters. The summed E-state index contributed by atoms with van der Waals surface area (Å²) in [5, 5.41) is 6.17. The zero-order valence-electron chi connectivity index (χ0n) is 19.0. The van der Waals surface area contributed by atoms with Crippen LogP contribution in [0.4, 0.5) is 11.8 Å². The van der Waals surface area contributed by atoms with Crippen LogP contribution in [-0.4, -0.2) is 36.0 Å². The molecule has 0 spiro atoms. The fraction of sp³-hybridized carbons (Fsp3) is 0.346. The number of hydrogen-bond acceptors (Lipinski definition) is 5. The molecule has 1 saturated heterocycles. The van der Waals surface area contributed by atoms with Crippen LogP contribution in [0.2, 0.25) is 0 Å². The standard InChI is InChI=1S/C26H31N5O/c1-18(29-19(2)32)20-9-11-21(12-10-20)22-13-15-31(16-14-22)26-28-17-24(25(27-3)30-26)23-7-5-4-6-8-23/h4-12,17-18,22H,13-16H2,1-3H3,(H,29,32)(H,27,28,30). The lowest BCUT2D eigenvalue weighted by atomic mass is 9.88. The maximum absolute atomic E-state index is 11.3. The Morgan fingerprint density at radius 2 is 1.75 bits per heavy atom. The number of amides is 1. The maximum atomic E-state index is 11.3. The molecule has 1 aliphatic rings. The smallest absolute Gasteiger partial charge is 0.227 e. The minimum atomic E-state index is -0.00519. The molecule has 2 N–H and O–H groups in total. The van der Waals surface area contributed by atoms with E-state index in [0.717, 1.165) is 54.4 Å². The number of carbonyl (C=O) groups excluding carboxylic acids is 1. The lowest BCUT2D eigenvalue weighted by Gasteiger charge is -2.32. The molecule has 6 heteroatoms. The summed E-state index contributed by atoms with van der Waals surface area (Å²) in [4.78, 5) is 23.1. The molecular weight excluding hydrogens is 398 g/mol. The van der Waals surface area contributed by atoms with Crippen LogP contribution < -0.4 is 15.5 Å². The van der Waals surface area contributed by atoms with E-state index in [4.69, 9.17) is 4.98 Å². The number of hydrogen-bond donors (Lipinski definition) is 2. The number of carbonyl (C=O) groups is 1. The van der Waals surface area contributed by atoms with Crippen molar-refractivity contribution in [2.75, 3.05) is 30.4 Å². The molecule has 2 heterocycles. The van der Waals surface area contributed by atoms with Gasteiger partial charge in [-0.15, -0.1) is 0 Å². The Morgan fingerprint density at radius 3 is 2.38 bits per heavy atom. The third-order valence-corrected chi connectivity index (χ3v) is 6.20. The first-order valence-electron chi connectivity index (χ1n) is 11.3. The molecule has 1 aromatic heterocycles. The second-order valence-electron chi connectivity index (χ2n) is 8.40. The van der Waals surface area contributed by atoms with Gasteiger partial charge < -0.3 is 15.5 Å². The van der Waals surface area contributed by atoms with Crippen LogP contribution >= 0.6 is 0 Å². The van der Waals surface area contributed by atoms with Crippen LogP contribution in [0, 0.1) is 0 Å². The van der Waals surface area contributed by atoms with Crippen LogP contribution in [0.25, 0.3) is 11.1 Å². The van der Waals surface area contributed by atoms with Crippen LogP contribution in [-0.2, 0) is 4.79 Å². The normalized spacial score (nSPS) is 15.3. The summed E-state index contributed by atoms with van der Waals surface area (Å²) in [6.45, 7) is 5.43. The molecule has 1 unspecified atom stereocenters. The van der Waals surface area contributed by atoms with Gasteiger partial charge in [0.15, 0.2) is 0 Å². The van der Waals surface area contributed by atoms with Gasteiger partial charge in [0.1, 0.15) is 5.82 Å². The van der Waals surface area contributed by atoms with Gasteiger partial charge in [-0.3, -0.25) is 4.79 Å². The summed E-state index contributed by atoms with van der Waals surface area (Å²) < 4.78 is 0. The Balaban J connectivity index is 1.41. The van der Waals surface area contributed by atoms with Crippen molar-refractivity contribution in [2.24, 2.45) is 0 Å². The maximum Gasteiger partial charge on any atom is 0.227 e. The number of aromatic nitrogens is 2. The number of piperidine rings is 1. The van der Waals surface area contributed by atoms with Crippen molar-refractivity contribution in [3.63, 3.8) is 0 Å². The first kappa shape index (κ1) is 21.8. The van der Waals surface area contributed by atoms with Crippen molar-refractivity contribution in [3.05, 3.63) is 71.9 Å². The van der Waals surface area contributed by atoms with E-state index < -0.39 is 0 Å². The molecule has 3 aromatic rings. The largest absolute Gasteiger partial charge is 0.372 e. The monoisotopic (exact) mass is 429 g/mol. The second kappa shape index (κ2) is 9.81. The predicted molar refractivity (Wildman–Crippen MR) is 130 cm³/mol. The van der Waals surface area contributed by atoms with Gasteiger partial charge in [-0.1, -0.05) is 54.6 Å². The number of nitrogens with one attached hydrogen (secondary N) is 2. The molecule has 1 fully saturated rings. The van der Waals surface area contributed by atoms with Crippen molar-refractivity contribution in [1.29, 1.82) is 0 Å². The van der Waals surface area contributed by atoms with Gasteiger partial charge in [0.2, 0.25) is 11.9 Å². The quantitative estimate of drug-likeness (QED) is 0.591. The second-order valence-corrected chi connectivity index (χ2v) is 8.40. The van der Waals surface area contributed by atoms with Crippen LogP contribution in [0.15, 0.2) is 60.8 Å². The van der Waals surface area contributed by atoms with Gasteiger partial charge in [0.05, 0.1) is 6.04 Å². The fourth-order valence-corrected chi connectivity index (χ4v) is 4.40. The summed E-state index contributed by atoms with van der Waals surface area (Å²) in [5.74, 6) is 2.16. The lowest BCUT2D eigenvalue weighted by Crippen LogP contribution is -2.34. The first-order chi connectivity index (χ1) is 15.5. The Hall–Kier alpha value is -3.41. The lowest BCUT2D eigenvalue weighted by molar-refractivity contribution is -0.119. The topological polar surface area (TPSA) is 70.2 Å².